The van der Waals surface area contributed by atoms with Gasteiger partial charge in [0.15, 0.2) is 11.4 Å². The smallest absolute Gasteiger partial charge is 0.305 e. The maximum absolute atomic E-state index is 14.0. The van der Waals surface area contributed by atoms with Crippen LogP contribution in [0.15, 0.2) is 65.7 Å². The van der Waals surface area contributed by atoms with Crippen molar-refractivity contribution in [3.8, 4) is 28.1 Å². The van der Waals surface area contributed by atoms with Gasteiger partial charge in [0.2, 0.25) is 0 Å². The standard InChI is InChI=1S/C29H30N4O5/c1-3-18(4-2)17-33-26-22(16-21(29(33)38)19-8-6-5-7-9-19)27(36)25(28(37)31-15-12-23(34)35)32-24(26)20-10-13-30-14-11-20/h5-11,13-14,16,18,36H,3-4,12,15,17H2,1-2H3,(H,31,37)(H,34,35). The van der Waals surface area contributed by atoms with E-state index in [4.69, 9.17) is 5.11 Å². The van der Waals surface area contributed by atoms with Gasteiger partial charge in [0.05, 0.1) is 17.6 Å². The number of aliphatic carboxylic acids is 1. The topological polar surface area (TPSA) is 134 Å². The average molecular weight is 515 g/mol. The van der Waals surface area contributed by atoms with Gasteiger partial charge < -0.3 is 20.1 Å². The molecule has 0 aliphatic carbocycles. The van der Waals surface area contributed by atoms with Crippen molar-refractivity contribution in [2.24, 2.45) is 5.92 Å². The molecule has 0 saturated heterocycles. The van der Waals surface area contributed by atoms with Crippen LogP contribution in [0, 0.1) is 5.92 Å². The number of pyridine rings is 3. The van der Waals surface area contributed by atoms with E-state index in [1.54, 1.807) is 35.2 Å². The second-order valence-corrected chi connectivity index (χ2v) is 9.08. The number of carbonyl (C=O) groups is 2. The third-order valence-corrected chi connectivity index (χ3v) is 6.69. The lowest BCUT2D eigenvalue weighted by Gasteiger charge is -2.21. The van der Waals surface area contributed by atoms with Crippen molar-refractivity contribution in [1.82, 2.24) is 19.9 Å². The zero-order valence-corrected chi connectivity index (χ0v) is 21.3. The summed E-state index contributed by atoms with van der Waals surface area (Å²) in [5.74, 6) is -1.94. The number of carbonyl (C=O) groups excluding carboxylic acids is 1. The van der Waals surface area contributed by atoms with Crippen LogP contribution in [0.1, 0.15) is 43.6 Å². The van der Waals surface area contributed by atoms with Crippen LogP contribution in [-0.2, 0) is 11.3 Å². The Morgan fingerprint density at radius 2 is 1.71 bits per heavy atom. The molecule has 0 fully saturated rings. The van der Waals surface area contributed by atoms with E-state index in [1.807, 2.05) is 30.3 Å². The molecule has 0 aliphatic heterocycles. The lowest BCUT2D eigenvalue weighted by molar-refractivity contribution is -0.136. The molecule has 0 spiro atoms. The molecular formula is C29H30N4O5. The molecule has 4 aromatic rings. The van der Waals surface area contributed by atoms with Gasteiger partial charge in [0, 0.05) is 42.0 Å². The fourth-order valence-electron chi connectivity index (χ4n) is 4.49. The summed E-state index contributed by atoms with van der Waals surface area (Å²) in [6.45, 7) is 4.43. The minimum absolute atomic E-state index is 0.124. The van der Waals surface area contributed by atoms with E-state index in [0.717, 1.165) is 12.8 Å². The predicted octanol–water partition coefficient (Wildman–Crippen LogP) is 4.47. The number of fused-ring (bicyclic) bond motifs is 1. The molecule has 0 bridgehead atoms. The van der Waals surface area contributed by atoms with Gasteiger partial charge in [-0.3, -0.25) is 19.4 Å². The number of aromatic nitrogens is 3. The number of carboxylic acid groups (broad SMARTS) is 1. The molecule has 0 saturated carbocycles. The first kappa shape index (κ1) is 26.5. The first-order valence-corrected chi connectivity index (χ1v) is 12.6. The van der Waals surface area contributed by atoms with Gasteiger partial charge in [-0.15, -0.1) is 0 Å². The van der Waals surface area contributed by atoms with Crippen LogP contribution < -0.4 is 10.9 Å². The first-order valence-electron chi connectivity index (χ1n) is 12.6. The predicted molar refractivity (Wildman–Crippen MR) is 145 cm³/mol. The number of nitrogens with one attached hydrogen (secondary N) is 1. The largest absolute Gasteiger partial charge is 0.505 e. The quantitative estimate of drug-likeness (QED) is 0.284. The fourth-order valence-corrected chi connectivity index (χ4v) is 4.49. The first-order chi connectivity index (χ1) is 18.3. The van der Waals surface area contributed by atoms with Crippen LogP contribution in [0.3, 0.4) is 0 Å². The highest BCUT2D eigenvalue weighted by atomic mass is 16.4. The number of aromatic hydroxyl groups is 1. The van der Waals surface area contributed by atoms with Crippen molar-refractivity contribution in [1.29, 1.82) is 0 Å². The summed E-state index contributed by atoms with van der Waals surface area (Å²) in [5.41, 5.74) is 2.01. The lowest BCUT2D eigenvalue weighted by Crippen LogP contribution is -2.29. The molecule has 38 heavy (non-hydrogen) atoms. The summed E-state index contributed by atoms with van der Waals surface area (Å²) < 4.78 is 1.66. The number of nitrogens with zero attached hydrogens (tertiary/aromatic N) is 3. The van der Waals surface area contributed by atoms with E-state index in [-0.39, 0.29) is 35.9 Å². The van der Waals surface area contributed by atoms with Gasteiger partial charge in [-0.2, -0.15) is 0 Å². The van der Waals surface area contributed by atoms with Crippen LogP contribution >= 0.6 is 0 Å². The number of rotatable bonds is 10. The zero-order valence-electron chi connectivity index (χ0n) is 21.3. The summed E-state index contributed by atoms with van der Waals surface area (Å²) in [5, 5.41) is 23.1. The SMILES string of the molecule is CCC(CC)Cn1c(=O)c(-c2ccccc2)cc2c(O)c(C(=O)NCCC(=O)O)nc(-c3ccncc3)c21. The van der Waals surface area contributed by atoms with Crippen molar-refractivity contribution in [3.63, 3.8) is 0 Å². The molecule has 196 valence electrons. The molecule has 9 nitrogen and oxygen atoms in total. The summed E-state index contributed by atoms with van der Waals surface area (Å²) in [4.78, 5) is 46.5. The van der Waals surface area contributed by atoms with Crippen LogP contribution in [0.25, 0.3) is 33.3 Å². The summed E-state index contributed by atoms with van der Waals surface area (Å²) in [7, 11) is 0. The van der Waals surface area contributed by atoms with E-state index in [0.29, 0.717) is 39.8 Å². The normalized spacial score (nSPS) is 11.1. The Bertz CT molecular complexity index is 1510. The monoisotopic (exact) mass is 514 g/mol. The lowest BCUT2D eigenvalue weighted by atomic mass is 9.99. The van der Waals surface area contributed by atoms with Gasteiger partial charge in [0.25, 0.3) is 11.5 Å². The van der Waals surface area contributed by atoms with Crippen molar-refractivity contribution >= 4 is 22.8 Å². The molecule has 3 N–H and O–H groups in total. The summed E-state index contributed by atoms with van der Waals surface area (Å²) in [6.07, 6.45) is 4.61. The molecule has 1 amide bonds. The number of benzene rings is 1. The summed E-state index contributed by atoms with van der Waals surface area (Å²) >= 11 is 0. The Labute approximate surface area is 219 Å². The zero-order chi connectivity index (χ0) is 27.2. The maximum atomic E-state index is 14.0. The molecule has 0 aliphatic rings. The van der Waals surface area contributed by atoms with Gasteiger partial charge in [-0.25, -0.2) is 4.98 Å². The van der Waals surface area contributed by atoms with Crippen molar-refractivity contribution < 1.29 is 19.8 Å². The molecule has 3 heterocycles. The Hall–Kier alpha value is -4.53. The van der Waals surface area contributed by atoms with E-state index in [9.17, 15) is 19.5 Å². The van der Waals surface area contributed by atoms with Crippen LogP contribution in [0.5, 0.6) is 5.75 Å². The number of amides is 1. The second-order valence-electron chi connectivity index (χ2n) is 9.08. The Morgan fingerprint density at radius 1 is 1.03 bits per heavy atom. The van der Waals surface area contributed by atoms with Crippen molar-refractivity contribution in [2.75, 3.05) is 6.54 Å². The van der Waals surface area contributed by atoms with Crippen LogP contribution in [0.2, 0.25) is 0 Å². The van der Waals surface area contributed by atoms with E-state index in [2.05, 4.69) is 29.1 Å². The van der Waals surface area contributed by atoms with E-state index >= 15 is 0 Å². The molecule has 0 atom stereocenters. The summed E-state index contributed by atoms with van der Waals surface area (Å²) in [6, 6.07) is 14.2. The molecule has 9 heteroatoms. The van der Waals surface area contributed by atoms with Gasteiger partial charge in [-0.05, 0) is 29.7 Å². The molecule has 4 rings (SSSR count). The van der Waals surface area contributed by atoms with Crippen LogP contribution in [0.4, 0.5) is 0 Å². The van der Waals surface area contributed by atoms with Crippen molar-refractivity contribution in [2.45, 2.75) is 39.7 Å². The highest BCUT2D eigenvalue weighted by molar-refractivity contribution is 6.06. The molecule has 1 aromatic carbocycles. The third-order valence-electron chi connectivity index (χ3n) is 6.69. The molecule has 0 radical (unpaired) electrons. The van der Waals surface area contributed by atoms with Crippen molar-refractivity contribution in [3.05, 3.63) is 77.0 Å². The molecular weight excluding hydrogens is 484 g/mol. The average Bonchev–Trinajstić information content (AvgIpc) is 2.93. The maximum Gasteiger partial charge on any atom is 0.305 e. The molecule has 0 unspecified atom stereocenters. The van der Waals surface area contributed by atoms with E-state index in [1.165, 1.54) is 0 Å². The fraction of sp³-hybridized carbons (Fsp3) is 0.276. The Balaban J connectivity index is 2.06. The van der Waals surface area contributed by atoms with Gasteiger partial charge in [-0.1, -0.05) is 57.0 Å². The van der Waals surface area contributed by atoms with Gasteiger partial charge >= 0.3 is 5.97 Å². The van der Waals surface area contributed by atoms with Crippen LogP contribution in [-0.4, -0.2) is 43.2 Å². The number of carboxylic acids is 1. The Morgan fingerprint density at radius 3 is 2.34 bits per heavy atom. The van der Waals surface area contributed by atoms with E-state index < -0.39 is 11.9 Å². The highest BCUT2D eigenvalue weighted by Crippen LogP contribution is 2.36. The number of hydrogen-bond acceptors (Lipinski definition) is 6. The minimum Gasteiger partial charge on any atom is -0.505 e. The Kier molecular flexibility index (Phi) is 8.15. The minimum atomic E-state index is -1.06. The highest BCUT2D eigenvalue weighted by Gasteiger charge is 2.25. The second kappa shape index (κ2) is 11.7. The third kappa shape index (κ3) is 5.41. The molecule has 3 aromatic heterocycles. The van der Waals surface area contributed by atoms with Gasteiger partial charge in [0.1, 0.15) is 0 Å². The number of hydrogen-bond donors (Lipinski definition) is 3.